The van der Waals surface area contributed by atoms with Crippen LogP contribution in [0, 0.1) is 0 Å². The van der Waals surface area contributed by atoms with E-state index < -0.39 is 95.7 Å². The Kier molecular flexibility index (Phi) is 35.3. The lowest BCUT2D eigenvalue weighted by Crippen LogP contribution is -2.64. The number of phosphoric acid groups is 2. The quantitative estimate of drug-likeness (QED) is 0.0101. The topological polar surface area (TPSA) is 296 Å². The van der Waals surface area contributed by atoms with Gasteiger partial charge in [-0.15, -0.1) is 0 Å². The molecule has 0 spiro atoms. The Morgan fingerprint density at radius 1 is 0.551 bits per heavy atom. The Morgan fingerprint density at radius 3 is 1.77 bits per heavy atom. The van der Waals surface area contributed by atoms with Gasteiger partial charge in [0.25, 0.3) is 0 Å². The number of allylic oxidation sites excluding steroid dienone is 14. The van der Waals surface area contributed by atoms with Crippen molar-refractivity contribution < 1.29 is 87.1 Å². The van der Waals surface area contributed by atoms with Crippen molar-refractivity contribution in [1.82, 2.24) is 0 Å². The second-order valence-corrected chi connectivity index (χ2v) is 18.7. The maximum absolute atomic E-state index is 13.0. The van der Waals surface area contributed by atoms with Crippen LogP contribution in [-0.2, 0) is 41.8 Å². The van der Waals surface area contributed by atoms with Gasteiger partial charge >= 0.3 is 27.6 Å². The number of rotatable bonds is 37. The van der Waals surface area contributed by atoms with Crippen LogP contribution in [0.4, 0.5) is 0 Å². The fraction of sp³-hybridized carbons (Fsp3) is 0.592. The van der Waals surface area contributed by atoms with E-state index in [9.17, 15) is 64.0 Å². The first-order valence-electron chi connectivity index (χ1n) is 23.7. The van der Waals surface area contributed by atoms with E-state index in [4.69, 9.17) is 18.5 Å². The zero-order valence-electron chi connectivity index (χ0n) is 39.9. The molecule has 1 aliphatic carbocycles. The van der Waals surface area contributed by atoms with Gasteiger partial charge in [-0.2, -0.15) is 0 Å². The predicted octanol–water partition coefficient (Wildman–Crippen LogP) is 6.89. The van der Waals surface area contributed by atoms with Crippen LogP contribution in [0.1, 0.15) is 117 Å². The molecule has 392 valence electrons. The maximum atomic E-state index is 13.0. The molecule has 18 nitrogen and oxygen atoms in total. The molecule has 0 saturated heterocycles. The van der Waals surface area contributed by atoms with Gasteiger partial charge in [0.2, 0.25) is 0 Å². The number of carbonyl (C=O) groups is 2. The summed E-state index contributed by atoms with van der Waals surface area (Å²) in [6.45, 7) is 2.62. The van der Waals surface area contributed by atoms with E-state index in [1.165, 1.54) is 6.08 Å². The fourth-order valence-corrected chi connectivity index (χ4v) is 7.91. The molecule has 0 aliphatic heterocycles. The van der Waals surface area contributed by atoms with Crippen LogP contribution < -0.4 is 0 Å². The standard InChI is InChI=1S/C49H78O18P2/c1-3-5-7-8-9-10-11-12-13-14-15-16-20-23-29-35-42(52)63-37-41(38-64-69(61,62)67-49-46(56)44(54)45(55)48(47(49)57)66-68(58,59)60)65-43(53)36-30-24-28-34-40(51)33-27-22-19-17-18-21-26-32-39(50)31-25-6-4-2/h5-7,9-10,12-13,18-19,21-22,25-28,32-34,39-41,44-51,54-57H,3-4,8,11,14-17,20,23-24,29-31,35-38H2,1-2H3,(H,61,62)(H2,58,59,60)/b7-5-,10-9-,13-12-,21-18-,22-19-,25-6-,32-26+,33-27+,34-28-/t39-,40-,41+,44?,45?,46?,47?,48+,49-/m0/s1. The summed E-state index contributed by atoms with van der Waals surface area (Å²) in [7, 11) is -10.8. The second-order valence-electron chi connectivity index (χ2n) is 16.1. The molecule has 1 rings (SSSR count). The Bertz CT molecular complexity index is 1780. The molecule has 5 unspecified atom stereocenters. The normalized spacial score (nSPS) is 23.0. The first-order valence-corrected chi connectivity index (χ1v) is 26.7. The first-order chi connectivity index (χ1) is 32.9. The lowest BCUT2D eigenvalue weighted by atomic mass is 9.85. The number of hydrogen-bond acceptors (Lipinski definition) is 15. The van der Waals surface area contributed by atoms with Gasteiger partial charge in [-0.25, -0.2) is 9.13 Å². The molecule has 0 bridgehead atoms. The molecule has 0 heterocycles. The minimum atomic E-state index is -5.40. The van der Waals surface area contributed by atoms with E-state index >= 15 is 0 Å². The molecule has 69 heavy (non-hydrogen) atoms. The van der Waals surface area contributed by atoms with E-state index in [0.717, 1.165) is 57.8 Å². The summed E-state index contributed by atoms with van der Waals surface area (Å²) in [5.74, 6) is -1.42. The Balaban J connectivity index is 2.72. The zero-order valence-corrected chi connectivity index (χ0v) is 41.7. The number of carbonyl (C=O) groups excluding carboxylic acids is 2. The predicted molar refractivity (Wildman–Crippen MR) is 262 cm³/mol. The lowest BCUT2D eigenvalue weighted by Gasteiger charge is -2.43. The van der Waals surface area contributed by atoms with E-state index in [-0.39, 0.29) is 19.3 Å². The molecule has 0 amide bonds. The monoisotopic (exact) mass is 1020 g/mol. The van der Waals surface area contributed by atoms with E-state index in [1.54, 1.807) is 36.5 Å². The molecule has 1 aliphatic rings. The summed E-state index contributed by atoms with van der Waals surface area (Å²) >= 11 is 0. The van der Waals surface area contributed by atoms with Crippen LogP contribution in [0.5, 0.6) is 0 Å². The van der Waals surface area contributed by atoms with E-state index in [2.05, 4.69) is 47.9 Å². The number of aliphatic hydroxyl groups is 6. The molecule has 1 fully saturated rings. The van der Waals surface area contributed by atoms with E-state index in [0.29, 0.717) is 25.7 Å². The van der Waals surface area contributed by atoms with Crippen molar-refractivity contribution >= 4 is 27.6 Å². The van der Waals surface area contributed by atoms with Gasteiger partial charge in [-0.05, 0) is 70.6 Å². The van der Waals surface area contributed by atoms with Gasteiger partial charge in [-0.1, -0.05) is 142 Å². The van der Waals surface area contributed by atoms with Crippen molar-refractivity contribution in [3.8, 4) is 0 Å². The molecule has 0 radical (unpaired) electrons. The Morgan fingerprint density at radius 2 is 1.10 bits per heavy atom. The van der Waals surface area contributed by atoms with Gasteiger partial charge < -0.3 is 54.8 Å². The number of phosphoric ester groups is 2. The van der Waals surface area contributed by atoms with Crippen LogP contribution >= 0.6 is 15.6 Å². The van der Waals surface area contributed by atoms with Crippen LogP contribution in [0.15, 0.2) is 109 Å². The van der Waals surface area contributed by atoms with Gasteiger partial charge in [0, 0.05) is 12.8 Å². The second kappa shape index (κ2) is 38.3. The third-order valence-corrected chi connectivity index (χ3v) is 11.5. The van der Waals surface area contributed by atoms with Crippen LogP contribution in [0.25, 0.3) is 0 Å². The maximum Gasteiger partial charge on any atom is 0.472 e. The third-order valence-electron chi connectivity index (χ3n) is 10.0. The summed E-state index contributed by atoms with van der Waals surface area (Å²) in [4.78, 5) is 54.3. The fourth-order valence-electron chi connectivity index (χ4n) is 6.37. The molecule has 0 aromatic carbocycles. The number of aliphatic hydroxyl groups excluding tert-OH is 6. The summed E-state index contributed by atoms with van der Waals surface area (Å²) < 4.78 is 49.2. The van der Waals surface area contributed by atoms with Crippen LogP contribution in [-0.4, -0.2) is 125 Å². The van der Waals surface area contributed by atoms with Crippen molar-refractivity contribution in [2.45, 2.75) is 172 Å². The zero-order chi connectivity index (χ0) is 51.3. The highest BCUT2D eigenvalue weighted by Crippen LogP contribution is 2.49. The number of esters is 2. The molecular weight excluding hydrogens is 938 g/mol. The first kappa shape index (κ1) is 63.6. The number of hydrogen-bond donors (Lipinski definition) is 9. The molecule has 1 saturated carbocycles. The highest BCUT2D eigenvalue weighted by Gasteiger charge is 2.54. The van der Waals surface area contributed by atoms with Crippen molar-refractivity contribution in [1.29, 1.82) is 0 Å². The average Bonchev–Trinajstić information content (AvgIpc) is 3.29. The highest BCUT2D eigenvalue weighted by atomic mass is 31.2. The summed E-state index contributed by atoms with van der Waals surface area (Å²) in [6, 6.07) is 0. The average molecular weight is 1020 g/mol. The minimum absolute atomic E-state index is 0.0510. The molecule has 20 heteroatoms. The molecular formula is C49H78O18P2. The highest BCUT2D eigenvalue weighted by molar-refractivity contribution is 7.47. The molecule has 0 aromatic heterocycles. The van der Waals surface area contributed by atoms with Crippen molar-refractivity contribution in [3.05, 3.63) is 109 Å². The lowest BCUT2D eigenvalue weighted by molar-refractivity contribution is -0.216. The SMILES string of the molecule is CC/C=C\C/C=C\C/C=C\CCCCCCCC(=O)OC[C@H](COP(=O)(O)O[C@H]1C(O)C(O)C(O)[C@@H](OP(=O)(O)O)C1O)OC(=O)CCC/C=C\[C@@H](O)/C=C/C=C\C/C=C\C=C\[C@@H](O)C/C=C\CC. The summed E-state index contributed by atoms with van der Waals surface area (Å²) in [6.07, 6.45) is 28.2. The summed E-state index contributed by atoms with van der Waals surface area (Å²) in [5.41, 5.74) is 0. The largest absolute Gasteiger partial charge is 0.472 e. The van der Waals surface area contributed by atoms with Crippen LogP contribution in [0.3, 0.4) is 0 Å². The van der Waals surface area contributed by atoms with Gasteiger partial charge in [-0.3, -0.25) is 23.2 Å². The van der Waals surface area contributed by atoms with Gasteiger partial charge in [0.05, 0.1) is 18.8 Å². The van der Waals surface area contributed by atoms with Gasteiger partial charge in [0.15, 0.2) is 6.10 Å². The minimum Gasteiger partial charge on any atom is -0.462 e. The Hall–Kier alpha value is -3.42. The number of unbranched alkanes of at least 4 members (excludes halogenated alkanes) is 6. The summed E-state index contributed by atoms with van der Waals surface area (Å²) in [5, 5.41) is 61.3. The molecule has 10 atom stereocenters. The van der Waals surface area contributed by atoms with Gasteiger partial charge in [0.1, 0.15) is 43.2 Å². The smallest absolute Gasteiger partial charge is 0.462 e. The van der Waals surface area contributed by atoms with Crippen molar-refractivity contribution in [3.63, 3.8) is 0 Å². The van der Waals surface area contributed by atoms with Crippen LogP contribution in [0.2, 0.25) is 0 Å². The number of ether oxygens (including phenoxy) is 2. The third kappa shape index (κ3) is 33.0. The van der Waals surface area contributed by atoms with E-state index in [1.807, 2.05) is 37.3 Å². The molecule has 9 N–H and O–H groups in total. The van der Waals surface area contributed by atoms with Crippen molar-refractivity contribution in [2.75, 3.05) is 13.2 Å². The Labute approximate surface area is 407 Å². The van der Waals surface area contributed by atoms with Crippen molar-refractivity contribution in [2.24, 2.45) is 0 Å². The molecule has 0 aromatic rings.